The maximum Gasteiger partial charge on any atom is 0.0123 e. The van der Waals surface area contributed by atoms with E-state index in [1.165, 1.54) is 12.8 Å². The molecule has 1 rings (SSSR count). The molecule has 0 aromatic carbocycles. The highest BCUT2D eigenvalue weighted by molar-refractivity contribution is 4.90. The first-order chi connectivity index (χ1) is 5.66. The van der Waals surface area contributed by atoms with Gasteiger partial charge in [-0.25, -0.2) is 0 Å². The Hall–Kier alpha value is -0.0400. The minimum atomic E-state index is 0.787. The third-order valence-electron chi connectivity index (χ3n) is 3.19. The molecular weight excluding hydrogens is 146 g/mol. The van der Waals surface area contributed by atoms with Crippen LogP contribution < -0.4 is 5.32 Å². The second-order valence-corrected chi connectivity index (χ2v) is 4.52. The maximum atomic E-state index is 3.63. The van der Waals surface area contributed by atoms with E-state index in [1.54, 1.807) is 0 Å². The van der Waals surface area contributed by atoms with Gasteiger partial charge >= 0.3 is 0 Å². The van der Waals surface area contributed by atoms with Gasteiger partial charge in [0.15, 0.2) is 0 Å². The first-order valence-electron chi connectivity index (χ1n) is 5.40. The van der Waals surface area contributed by atoms with Gasteiger partial charge in [-0.15, -0.1) is 0 Å². The molecule has 12 heavy (non-hydrogen) atoms. The van der Waals surface area contributed by atoms with E-state index in [2.05, 4.69) is 33.0 Å². The minimum Gasteiger partial charge on any atom is -0.314 e. The van der Waals surface area contributed by atoms with Crippen LogP contribution in [-0.4, -0.2) is 12.6 Å². The summed E-state index contributed by atoms with van der Waals surface area (Å²) in [5, 5.41) is 3.63. The van der Waals surface area contributed by atoms with E-state index in [1.807, 2.05) is 0 Å². The molecule has 0 amide bonds. The van der Waals surface area contributed by atoms with Crippen LogP contribution in [0, 0.1) is 17.8 Å². The smallest absolute Gasteiger partial charge is 0.0123 e. The first kappa shape index (κ1) is 10.0. The Labute approximate surface area is 76.9 Å². The summed E-state index contributed by atoms with van der Waals surface area (Å²) in [5.41, 5.74) is 0. The molecule has 1 aliphatic carbocycles. The van der Waals surface area contributed by atoms with E-state index in [0.29, 0.717) is 0 Å². The molecule has 1 aliphatic rings. The summed E-state index contributed by atoms with van der Waals surface area (Å²) in [5.74, 6) is 2.63. The highest BCUT2D eigenvalue weighted by Gasteiger charge is 2.34. The Morgan fingerprint density at radius 1 is 1.25 bits per heavy atom. The maximum absolute atomic E-state index is 3.63. The minimum absolute atomic E-state index is 0.787. The molecule has 0 spiro atoms. The van der Waals surface area contributed by atoms with Crippen LogP contribution in [0.4, 0.5) is 0 Å². The monoisotopic (exact) mass is 169 g/mol. The summed E-state index contributed by atoms with van der Waals surface area (Å²) in [4.78, 5) is 0. The van der Waals surface area contributed by atoms with Crippen molar-refractivity contribution in [1.82, 2.24) is 5.32 Å². The predicted octanol–water partition coefficient (Wildman–Crippen LogP) is 2.67. The van der Waals surface area contributed by atoms with Gasteiger partial charge in [0.25, 0.3) is 0 Å². The molecule has 0 heterocycles. The molecule has 0 saturated heterocycles. The van der Waals surface area contributed by atoms with Crippen LogP contribution in [0.1, 0.15) is 40.5 Å². The predicted molar refractivity (Wildman–Crippen MR) is 54.2 cm³/mol. The Balaban J connectivity index is 2.40. The Kier molecular flexibility index (Phi) is 3.57. The Morgan fingerprint density at radius 2 is 1.83 bits per heavy atom. The van der Waals surface area contributed by atoms with Gasteiger partial charge in [0.2, 0.25) is 0 Å². The summed E-state index contributed by atoms with van der Waals surface area (Å²) in [7, 11) is 0. The highest BCUT2D eigenvalue weighted by Crippen LogP contribution is 2.37. The molecule has 1 heteroatoms. The third kappa shape index (κ3) is 2.48. The van der Waals surface area contributed by atoms with Crippen LogP contribution in [0.2, 0.25) is 0 Å². The molecule has 1 N–H and O–H groups in total. The van der Waals surface area contributed by atoms with Crippen molar-refractivity contribution in [2.24, 2.45) is 17.8 Å². The zero-order valence-electron chi connectivity index (χ0n) is 8.93. The van der Waals surface area contributed by atoms with Gasteiger partial charge in [0.05, 0.1) is 0 Å². The van der Waals surface area contributed by atoms with Crippen LogP contribution in [0.25, 0.3) is 0 Å². The van der Waals surface area contributed by atoms with Crippen molar-refractivity contribution in [3.63, 3.8) is 0 Å². The highest BCUT2D eigenvalue weighted by atomic mass is 14.9. The van der Waals surface area contributed by atoms with E-state index in [9.17, 15) is 0 Å². The van der Waals surface area contributed by atoms with Crippen molar-refractivity contribution < 1.29 is 0 Å². The van der Waals surface area contributed by atoms with Gasteiger partial charge in [-0.3, -0.25) is 0 Å². The van der Waals surface area contributed by atoms with Crippen molar-refractivity contribution in [3.05, 3.63) is 0 Å². The molecule has 1 nitrogen and oxygen atoms in total. The van der Waals surface area contributed by atoms with Crippen molar-refractivity contribution in [2.75, 3.05) is 6.54 Å². The molecule has 2 unspecified atom stereocenters. The first-order valence-corrected chi connectivity index (χ1v) is 5.40. The number of hydrogen-bond acceptors (Lipinski definition) is 1. The summed E-state index contributed by atoms with van der Waals surface area (Å²) in [6.45, 7) is 10.4. The summed E-state index contributed by atoms with van der Waals surface area (Å²) >= 11 is 0. The zero-order chi connectivity index (χ0) is 9.14. The van der Waals surface area contributed by atoms with Gasteiger partial charge in [0.1, 0.15) is 0 Å². The molecule has 72 valence electrons. The summed E-state index contributed by atoms with van der Waals surface area (Å²) < 4.78 is 0. The van der Waals surface area contributed by atoms with Crippen LogP contribution in [0.15, 0.2) is 0 Å². The summed E-state index contributed by atoms with van der Waals surface area (Å²) in [6.07, 6.45) is 2.91. The number of rotatable bonds is 5. The van der Waals surface area contributed by atoms with Crippen molar-refractivity contribution >= 4 is 0 Å². The van der Waals surface area contributed by atoms with E-state index in [0.717, 1.165) is 30.3 Å². The lowest BCUT2D eigenvalue weighted by Crippen LogP contribution is -2.38. The summed E-state index contributed by atoms with van der Waals surface area (Å²) in [6, 6.07) is 0.787. The molecule has 0 bridgehead atoms. The second kappa shape index (κ2) is 4.27. The van der Waals surface area contributed by atoms with Crippen molar-refractivity contribution in [2.45, 2.75) is 46.6 Å². The quantitative estimate of drug-likeness (QED) is 0.667. The molecule has 1 fully saturated rings. The molecule has 0 aliphatic heterocycles. The number of hydrogen-bond donors (Lipinski definition) is 1. The van der Waals surface area contributed by atoms with E-state index < -0.39 is 0 Å². The average Bonchev–Trinajstić information content (AvgIpc) is 2.81. The Morgan fingerprint density at radius 3 is 2.17 bits per heavy atom. The largest absolute Gasteiger partial charge is 0.314 e. The lowest BCUT2D eigenvalue weighted by atomic mass is 9.87. The topological polar surface area (TPSA) is 12.0 Å². The van der Waals surface area contributed by atoms with Crippen molar-refractivity contribution in [3.8, 4) is 0 Å². The van der Waals surface area contributed by atoms with E-state index >= 15 is 0 Å². The standard InChI is InChI=1S/C11H23N/c1-5-12-11(10-6-7-10)9(4)8(2)3/h8-12H,5-7H2,1-4H3. The van der Waals surface area contributed by atoms with Gasteiger partial charge in [-0.1, -0.05) is 27.7 Å². The fourth-order valence-electron chi connectivity index (χ4n) is 1.89. The van der Waals surface area contributed by atoms with Gasteiger partial charge in [0, 0.05) is 6.04 Å². The van der Waals surface area contributed by atoms with E-state index in [4.69, 9.17) is 0 Å². The molecule has 1 saturated carbocycles. The normalized spacial score (nSPS) is 22.8. The fourth-order valence-corrected chi connectivity index (χ4v) is 1.89. The average molecular weight is 169 g/mol. The molecule has 0 aromatic heterocycles. The van der Waals surface area contributed by atoms with Gasteiger partial charge in [-0.2, -0.15) is 0 Å². The lowest BCUT2D eigenvalue weighted by Gasteiger charge is -2.27. The van der Waals surface area contributed by atoms with E-state index in [-0.39, 0.29) is 0 Å². The molecule has 0 aromatic rings. The van der Waals surface area contributed by atoms with Gasteiger partial charge in [-0.05, 0) is 37.1 Å². The molecule has 2 atom stereocenters. The SMILES string of the molecule is CCNC(C1CC1)C(C)C(C)C. The Bertz CT molecular complexity index is 127. The molecule has 0 radical (unpaired) electrons. The molecular formula is C11H23N. The van der Waals surface area contributed by atoms with Gasteiger partial charge < -0.3 is 5.32 Å². The van der Waals surface area contributed by atoms with Crippen molar-refractivity contribution in [1.29, 1.82) is 0 Å². The lowest BCUT2D eigenvalue weighted by molar-refractivity contribution is 0.277. The van der Waals surface area contributed by atoms with Crippen LogP contribution in [-0.2, 0) is 0 Å². The zero-order valence-corrected chi connectivity index (χ0v) is 8.93. The second-order valence-electron chi connectivity index (χ2n) is 4.52. The van der Waals surface area contributed by atoms with Crippen LogP contribution >= 0.6 is 0 Å². The number of nitrogens with one attached hydrogen (secondary N) is 1. The van der Waals surface area contributed by atoms with Crippen LogP contribution in [0.3, 0.4) is 0 Å². The fraction of sp³-hybridized carbons (Fsp3) is 1.00. The van der Waals surface area contributed by atoms with Crippen LogP contribution in [0.5, 0.6) is 0 Å². The third-order valence-corrected chi connectivity index (χ3v) is 3.19.